The minimum atomic E-state index is 0.165. The first-order chi connectivity index (χ1) is 7.25. The molecule has 2 heterocycles. The Bertz CT molecular complexity index is 439. The highest BCUT2D eigenvalue weighted by molar-refractivity contribution is 5.74. The first-order valence-electron chi connectivity index (χ1n) is 5.49. The van der Waals surface area contributed by atoms with Crippen molar-refractivity contribution in [3.05, 3.63) is 28.6 Å². The Morgan fingerprint density at radius 3 is 3.00 bits per heavy atom. The van der Waals surface area contributed by atoms with Crippen LogP contribution in [0.4, 0.5) is 0 Å². The maximum absolute atomic E-state index is 11.3. The smallest absolute Gasteiger partial charge is 0.220 e. The van der Waals surface area contributed by atoms with E-state index in [0.717, 1.165) is 25.9 Å². The largest absolute Gasteiger partial charge is 0.334 e. The van der Waals surface area contributed by atoms with E-state index in [4.69, 9.17) is 0 Å². The zero-order valence-electron chi connectivity index (χ0n) is 8.92. The number of carbonyl (C=O) groups excluding carboxylic acids is 1. The fourth-order valence-electron chi connectivity index (χ4n) is 2.63. The Morgan fingerprint density at radius 2 is 2.20 bits per heavy atom. The lowest BCUT2D eigenvalue weighted by Gasteiger charge is -2.11. The molecule has 1 amide bonds. The van der Waals surface area contributed by atoms with Crippen LogP contribution in [-0.2, 0) is 30.7 Å². The number of hydrogen-bond donors (Lipinski definition) is 0. The van der Waals surface area contributed by atoms with Gasteiger partial charge in [0, 0.05) is 31.9 Å². The average Bonchev–Trinajstić information content (AvgIpc) is 2.82. The van der Waals surface area contributed by atoms with Gasteiger partial charge in [0.2, 0.25) is 5.91 Å². The lowest BCUT2D eigenvalue weighted by Crippen LogP contribution is -2.21. The van der Waals surface area contributed by atoms with Gasteiger partial charge in [0.25, 0.3) is 0 Å². The van der Waals surface area contributed by atoms with Crippen LogP contribution in [0.3, 0.4) is 0 Å². The van der Waals surface area contributed by atoms with Crippen molar-refractivity contribution in [2.75, 3.05) is 0 Å². The molecule has 1 aliphatic carbocycles. The molecule has 0 unspecified atom stereocenters. The molecule has 1 aromatic rings. The number of rotatable bonds is 0. The predicted molar refractivity (Wildman–Crippen MR) is 56.2 cm³/mol. The van der Waals surface area contributed by atoms with Crippen LogP contribution in [0.25, 0.3) is 0 Å². The molecule has 3 heteroatoms. The summed E-state index contributed by atoms with van der Waals surface area (Å²) in [5.41, 5.74) is 5.33. The normalized spacial score (nSPS) is 17.8. The van der Waals surface area contributed by atoms with Gasteiger partial charge in [-0.15, -0.1) is 0 Å². The van der Waals surface area contributed by atoms with Gasteiger partial charge in [-0.1, -0.05) is 0 Å². The summed E-state index contributed by atoms with van der Waals surface area (Å²) in [6, 6.07) is 0. The highest BCUT2D eigenvalue weighted by Gasteiger charge is 2.27. The van der Waals surface area contributed by atoms with Crippen LogP contribution in [0.2, 0.25) is 0 Å². The van der Waals surface area contributed by atoms with E-state index in [1.54, 1.807) is 6.92 Å². The molecule has 2 aliphatic rings. The second kappa shape index (κ2) is 3.05. The molecule has 0 spiro atoms. The summed E-state index contributed by atoms with van der Waals surface area (Å²) in [6.07, 6.45) is 5.45. The summed E-state index contributed by atoms with van der Waals surface area (Å²) < 4.78 is 0. The van der Waals surface area contributed by atoms with Gasteiger partial charge in [-0.3, -0.25) is 9.78 Å². The van der Waals surface area contributed by atoms with Crippen LogP contribution >= 0.6 is 0 Å². The number of fused-ring (bicyclic) bond motifs is 3. The molecule has 3 rings (SSSR count). The Balaban J connectivity index is 2.03. The summed E-state index contributed by atoms with van der Waals surface area (Å²) in [7, 11) is 0. The number of pyridine rings is 1. The van der Waals surface area contributed by atoms with E-state index in [2.05, 4.69) is 4.98 Å². The summed E-state index contributed by atoms with van der Waals surface area (Å²) >= 11 is 0. The van der Waals surface area contributed by atoms with Gasteiger partial charge < -0.3 is 4.90 Å². The molecule has 1 aliphatic heterocycles. The van der Waals surface area contributed by atoms with Gasteiger partial charge in [0.05, 0.1) is 0 Å². The summed E-state index contributed by atoms with van der Waals surface area (Å²) in [4.78, 5) is 17.7. The molecule has 0 N–H and O–H groups in total. The fraction of sp³-hybridized carbons (Fsp3) is 0.500. The standard InChI is InChI=1S/C12H14N2O/c1-8(15)14-6-9-5-13-12-4-2-3-10(12)11(9)7-14/h5H,2-4,6-7H2,1H3. The second-order valence-electron chi connectivity index (χ2n) is 4.42. The number of carbonyl (C=O) groups is 1. The molecule has 15 heavy (non-hydrogen) atoms. The Morgan fingerprint density at radius 1 is 1.33 bits per heavy atom. The molecule has 0 bridgehead atoms. The van der Waals surface area contributed by atoms with E-state index in [1.807, 2.05) is 11.1 Å². The molecular weight excluding hydrogens is 188 g/mol. The van der Waals surface area contributed by atoms with Crippen LogP contribution in [-0.4, -0.2) is 15.8 Å². The lowest BCUT2D eigenvalue weighted by atomic mass is 10.1. The van der Waals surface area contributed by atoms with Crippen molar-refractivity contribution in [2.24, 2.45) is 0 Å². The maximum atomic E-state index is 11.3. The van der Waals surface area contributed by atoms with Gasteiger partial charge in [-0.05, 0) is 36.0 Å². The van der Waals surface area contributed by atoms with Gasteiger partial charge >= 0.3 is 0 Å². The minimum Gasteiger partial charge on any atom is -0.334 e. The van der Waals surface area contributed by atoms with Crippen molar-refractivity contribution in [2.45, 2.75) is 39.3 Å². The summed E-state index contributed by atoms with van der Waals surface area (Å²) in [5, 5.41) is 0. The quantitative estimate of drug-likeness (QED) is 0.637. The van der Waals surface area contributed by atoms with E-state index in [-0.39, 0.29) is 5.91 Å². The molecule has 0 radical (unpaired) electrons. The maximum Gasteiger partial charge on any atom is 0.220 e. The van der Waals surface area contributed by atoms with E-state index < -0.39 is 0 Å². The second-order valence-corrected chi connectivity index (χ2v) is 4.42. The molecule has 0 saturated heterocycles. The number of aryl methyl sites for hydroxylation is 1. The zero-order valence-corrected chi connectivity index (χ0v) is 8.92. The number of aromatic nitrogens is 1. The first-order valence-corrected chi connectivity index (χ1v) is 5.49. The van der Waals surface area contributed by atoms with Crippen molar-refractivity contribution < 1.29 is 4.79 Å². The predicted octanol–water partition coefficient (Wildman–Crippen LogP) is 1.43. The van der Waals surface area contributed by atoms with E-state index >= 15 is 0 Å². The van der Waals surface area contributed by atoms with Crippen LogP contribution in [0.1, 0.15) is 35.7 Å². The molecule has 1 aromatic heterocycles. The van der Waals surface area contributed by atoms with Crippen LogP contribution in [0.15, 0.2) is 6.20 Å². The molecule has 0 saturated carbocycles. The van der Waals surface area contributed by atoms with Gasteiger partial charge in [-0.25, -0.2) is 0 Å². The average molecular weight is 202 g/mol. The summed E-state index contributed by atoms with van der Waals surface area (Å²) in [5.74, 6) is 0.165. The van der Waals surface area contributed by atoms with E-state index in [0.29, 0.717) is 0 Å². The van der Waals surface area contributed by atoms with Gasteiger partial charge in [-0.2, -0.15) is 0 Å². The van der Waals surface area contributed by atoms with Gasteiger partial charge in [0.1, 0.15) is 0 Å². The van der Waals surface area contributed by atoms with E-state index in [1.165, 1.54) is 28.8 Å². The minimum absolute atomic E-state index is 0.165. The van der Waals surface area contributed by atoms with Crippen LogP contribution < -0.4 is 0 Å². The van der Waals surface area contributed by atoms with Crippen molar-refractivity contribution in [3.8, 4) is 0 Å². The van der Waals surface area contributed by atoms with Crippen molar-refractivity contribution in [1.82, 2.24) is 9.88 Å². The Labute approximate surface area is 89.1 Å². The van der Waals surface area contributed by atoms with Gasteiger partial charge in [0.15, 0.2) is 0 Å². The molecule has 3 nitrogen and oxygen atoms in total. The molecule has 78 valence electrons. The topological polar surface area (TPSA) is 33.2 Å². The SMILES string of the molecule is CC(=O)N1Cc2cnc3c(c2C1)CCC3. The van der Waals surface area contributed by atoms with Crippen molar-refractivity contribution in [1.29, 1.82) is 0 Å². The Hall–Kier alpha value is -1.38. The van der Waals surface area contributed by atoms with E-state index in [9.17, 15) is 4.79 Å². The monoisotopic (exact) mass is 202 g/mol. The van der Waals surface area contributed by atoms with Crippen LogP contribution in [0, 0.1) is 0 Å². The zero-order chi connectivity index (χ0) is 10.4. The summed E-state index contributed by atoms with van der Waals surface area (Å²) in [6.45, 7) is 3.19. The highest BCUT2D eigenvalue weighted by atomic mass is 16.2. The molecular formula is C12H14N2O. The third kappa shape index (κ3) is 1.26. The number of hydrogen-bond acceptors (Lipinski definition) is 2. The third-order valence-electron chi connectivity index (χ3n) is 3.47. The number of amides is 1. The fourth-order valence-corrected chi connectivity index (χ4v) is 2.63. The van der Waals surface area contributed by atoms with Crippen molar-refractivity contribution in [3.63, 3.8) is 0 Å². The van der Waals surface area contributed by atoms with Crippen molar-refractivity contribution >= 4 is 5.91 Å². The number of nitrogens with zero attached hydrogens (tertiary/aromatic N) is 2. The molecule has 0 fully saturated rings. The molecule has 0 aromatic carbocycles. The van der Waals surface area contributed by atoms with Crippen LogP contribution in [0.5, 0.6) is 0 Å². The Kier molecular flexibility index (Phi) is 1.81. The third-order valence-corrected chi connectivity index (χ3v) is 3.47. The molecule has 0 atom stereocenters. The first kappa shape index (κ1) is 8.89. The lowest BCUT2D eigenvalue weighted by molar-refractivity contribution is -0.129. The highest BCUT2D eigenvalue weighted by Crippen LogP contribution is 2.31.